The van der Waals surface area contributed by atoms with Crippen molar-refractivity contribution in [3.05, 3.63) is 93.4 Å². The summed E-state index contributed by atoms with van der Waals surface area (Å²) in [7, 11) is -2.46. The molecule has 0 saturated carbocycles. The molecule has 0 spiro atoms. The Hall–Kier alpha value is -3.08. The molecule has 41 heavy (non-hydrogen) atoms. The first-order valence-electron chi connectivity index (χ1n) is 13.1. The van der Waals surface area contributed by atoms with Crippen molar-refractivity contribution in [3.63, 3.8) is 0 Å². The van der Waals surface area contributed by atoms with Crippen LogP contribution in [-0.4, -0.2) is 57.1 Å². The summed E-state index contributed by atoms with van der Waals surface area (Å²) < 4.78 is 32.9. The second-order valence-electron chi connectivity index (χ2n) is 9.76. The van der Waals surface area contributed by atoms with Gasteiger partial charge in [0.25, 0.3) is 0 Å². The number of carbonyl (C=O) groups is 2. The molecule has 2 amide bonds. The van der Waals surface area contributed by atoms with E-state index in [4.69, 9.17) is 16.3 Å². The van der Waals surface area contributed by atoms with E-state index in [2.05, 4.69) is 21.2 Å². The van der Waals surface area contributed by atoms with E-state index in [1.54, 1.807) is 0 Å². The van der Waals surface area contributed by atoms with Crippen molar-refractivity contribution in [1.29, 1.82) is 0 Å². The maximum absolute atomic E-state index is 14.1. The molecule has 0 aromatic heterocycles. The van der Waals surface area contributed by atoms with Gasteiger partial charge in [-0.05, 0) is 54.8 Å². The molecule has 0 saturated heterocycles. The average molecular weight is 665 g/mol. The molecule has 0 aliphatic carbocycles. The van der Waals surface area contributed by atoms with Crippen LogP contribution < -0.4 is 14.4 Å². The average Bonchev–Trinajstić information content (AvgIpc) is 2.94. The van der Waals surface area contributed by atoms with Gasteiger partial charge in [-0.25, -0.2) is 8.42 Å². The van der Waals surface area contributed by atoms with Gasteiger partial charge in [0.2, 0.25) is 21.8 Å². The molecule has 1 N–H and O–H groups in total. The molecular weight excluding hydrogens is 630 g/mol. The summed E-state index contributed by atoms with van der Waals surface area (Å²) in [6, 6.07) is 20.3. The van der Waals surface area contributed by atoms with Gasteiger partial charge in [-0.1, -0.05) is 76.9 Å². The number of amides is 2. The third kappa shape index (κ3) is 9.21. The minimum Gasteiger partial charge on any atom is -0.495 e. The number of carbonyl (C=O) groups excluding carboxylic acids is 2. The van der Waals surface area contributed by atoms with E-state index < -0.39 is 28.5 Å². The SMILES string of the molecule is CC[C@H](C)NC(=O)[C@@H](Cc1ccccc1)N(Cc1ccc(Br)cc1)C(=O)CN(c1ccc(OC)c(Cl)c1)S(C)(=O)=O. The Bertz CT molecular complexity index is 1440. The van der Waals surface area contributed by atoms with E-state index >= 15 is 0 Å². The lowest BCUT2D eigenvalue weighted by Gasteiger charge is -2.34. The Morgan fingerprint density at radius 2 is 1.68 bits per heavy atom. The number of ether oxygens (including phenoxy) is 1. The molecular formula is C30H35BrClN3O5S. The van der Waals surface area contributed by atoms with Gasteiger partial charge in [-0.2, -0.15) is 0 Å². The standard InChI is InChI=1S/C30H35BrClN3O5S/c1-5-21(2)33-30(37)27(17-22-9-7-6-8-10-22)34(19-23-11-13-24(31)14-12-23)29(36)20-35(41(4,38)39)25-15-16-28(40-3)26(32)18-25/h6-16,18,21,27H,5,17,19-20H2,1-4H3,(H,33,37)/t21-,27+/m0/s1. The summed E-state index contributed by atoms with van der Waals surface area (Å²) in [6.07, 6.45) is 1.98. The molecule has 0 fully saturated rings. The third-order valence-electron chi connectivity index (χ3n) is 6.64. The quantitative estimate of drug-likeness (QED) is 0.263. The minimum atomic E-state index is -3.91. The fraction of sp³-hybridized carbons (Fsp3) is 0.333. The van der Waals surface area contributed by atoms with E-state index in [9.17, 15) is 18.0 Å². The number of benzene rings is 3. The minimum absolute atomic E-state index is 0.0957. The van der Waals surface area contributed by atoms with Crippen LogP contribution in [0.1, 0.15) is 31.4 Å². The van der Waals surface area contributed by atoms with Crippen molar-refractivity contribution in [2.24, 2.45) is 0 Å². The molecule has 11 heteroatoms. The van der Waals surface area contributed by atoms with E-state index in [0.717, 1.165) is 26.2 Å². The zero-order chi connectivity index (χ0) is 30.2. The molecule has 0 unspecified atom stereocenters. The van der Waals surface area contributed by atoms with Crippen molar-refractivity contribution in [1.82, 2.24) is 10.2 Å². The fourth-order valence-electron chi connectivity index (χ4n) is 4.21. The van der Waals surface area contributed by atoms with Gasteiger partial charge in [0.05, 0.1) is 24.1 Å². The van der Waals surface area contributed by atoms with Crippen LogP contribution in [-0.2, 0) is 32.6 Å². The molecule has 0 heterocycles. The molecule has 3 aromatic carbocycles. The monoisotopic (exact) mass is 663 g/mol. The van der Waals surface area contributed by atoms with Crippen molar-refractivity contribution < 1.29 is 22.7 Å². The van der Waals surface area contributed by atoms with Crippen LogP contribution in [0.4, 0.5) is 5.69 Å². The summed E-state index contributed by atoms with van der Waals surface area (Å²) in [5.74, 6) is -0.478. The van der Waals surface area contributed by atoms with Gasteiger partial charge in [-0.15, -0.1) is 0 Å². The highest BCUT2D eigenvalue weighted by Gasteiger charge is 2.33. The van der Waals surface area contributed by atoms with Crippen molar-refractivity contribution in [2.75, 3.05) is 24.2 Å². The molecule has 0 bridgehead atoms. The zero-order valence-electron chi connectivity index (χ0n) is 23.5. The van der Waals surface area contributed by atoms with Crippen LogP contribution in [0.3, 0.4) is 0 Å². The van der Waals surface area contributed by atoms with Crippen LogP contribution in [0.15, 0.2) is 77.3 Å². The molecule has 3 aromatic rings. The Morgan fingerprint density at radius 1 is 1.02 bits per heavy atom. The normalized spacial score (nSPS) is 12.7. The Balaban J connectivity index is 2.06. The molecule has 3 rings (SSSR count). The Morgan fingerprint density at radius 3 is 2.24 bits per heavy atom. The highest BCUT2D eigenvalue weighted by atomic mass is 79.9. The smallest absolute Gasteiger partial charge is 0.244 e. The first-order valence-corrected chi connectivity index (χ1v) is 16.1. The van der Waals surface area contributed by atoms with Gasteiger partial charge in [0.1, 0.15) is 18.3 Å². The number of sulfonamides is 1. The highest BCUT2D eigenvalue weighted by Crippen LogP contribution is 2.30. The molecule has 220 valence electrons. The van der Waals surface area contributed by atoms with E-state index in [1.165, 1.54) is 30.2 Å². The van der Waals surface area contributed by atoms with Crippen molar-refractivity contribution in [2.45, 2.75) is 45.3 Å². The second kappa shape index (κ2) is 14.7. The van der Waals surface area contributed by atoms with Gasteiger partial charge >= 0.3 is 0 Å². The van der Waals surface area contributed by atoms with Crippen LogP contribution in [0, 0.1) is 0 Å². The Kier molecular flexibility index (Phi) is 11.6. The van der Waals surface area contributed by atoms with Crippen LogP contribution in [0.2, 0.25) is 5.02 Å². The van der Waals surface area contributed by atoms with Gasteiger partial charge < -0.3 is 15.0 Å². The van der Waals surface area contributed by atoms with Crippen LogP contribution in [0.5, 0.6) is 5.75 Å². The van der Waals surface area contributed by atoms with Gasteiger partial charge in [0.15, 0.2) is 0 Å². The summed E-state index contributed by atoms with van der Waals surface area (Å²) in [6.45, 7) is 3.43. The maximum atomic E-state index is 14.1. The fourth-order valence-corrected chi connectivity index (χ4v) is 5.56. The number of rotatable bonds is 13. The van der Waals surface area contributed by atoms with E-state index in [-0.39, 0.29) is 35.6 Å². The maximum Gasteiger partial charge on any atom is 0.244 e. The van der Waals surface area contributed by atoms with Crippen molar-refractivity contribution in [3.8, 4) is 5.75 Å². The molecule has 0 aliphatic heterocycles. The molecule has 8 nitrogen and oxygen atoms in total. The third-order valence-corrected chi connectivity index (χ3v) is 8.61. The molecule has 2 atom stereocenters. The van der Waals surface area contributed by atoms with E-state index in [1.807, 2.05) is 68.4 Å². The summed E-state index contributed by atoms with van der Waals surface area (Å²) in [5, 5.41) is 3.21. The number of halogens is 2. The lowest BCUT2D eigenvalue weighted by Crippen LogP contribution is -2.54. The largest absolute Gasteiger partial charge is 0.495 e. The lowest BCUT2D eigenvalue weighted by molar-refractivity contribution is -0.140. The van der Waals surface area contributed by atoms with E-state index in [0.29, 0.717) is 12.2 Å². The first kappa shape index (κ1) is 32.4. The van der Waals surface area contributed by atoms with Gasteiger partial charge in [-0.3, -0.25) is 13.9 Å². The number of nitrogens with zero attached hydrogens (tertiary/aromatic N) is 2. The number of methoxy groups -OCH3 is 1. The number of hydrogen-bond donors (Lipinski definition) is 1. The highest BCUT2D eigenvalue weighted by molar-refractivity contribution is 9.10. The number of nitrogens with one attached hydrogen (secondary N) is 1. The van der Waals surface area contributed by atoms with Crippen LogP contribution >= 0.6 is 27.5 Å². The molecule has 0 radical (unpaired) electrons. The summed E-state index contributed by atoms with van der Waals surface area (Å²) in [4.78, 5) is 29.3. The van der Waals surface area contributed by atoms with Gasteiger partial charge in [0, 0.05) is 23.5 Å². The predicted molar refractivity (Wildman–Crippen MR) is 167 cm³/mol. The zero-order valence-corrected chi connectivity index (χ0v) is 26.7. The predicted octanol–water partition coefficient (Wildman–Crippen LogP) is 5.43. The lowest BCUT2D eigenvalue weighted by atomic mass is 10.0. The van der Waals surface area contributed by atoms with Crippen LogP contribution in [0.25, 0.3) is 0 Å². The Labute approximate surface area is 255 Å². The van der Waals surface area contributed by atoms with Crippen molar-refractivity contribution >= 4 is 55.1 Å². The molecule has 0 aliphatic rings. The topological polar surface area (TPSA) is 96.0 Å². The second-order valence-corrected chi connectivity index (χ2v) is 13.0. The summed E-state index contributed by atoms with van der Waals surface area (Å²) in [5.41, 5.74) is 1.86. The summed E-state index contributed by atoms with van der Waals surface area (Å²) >= 11 is 9.72. The number of anilines is 1. The number of hydrogen-bond acceptors (Lipinski definition) is 5. The first-order chi connectivity index (χ1) is 19.4.